The van der Waals surface area contributed by atoms with Crippen LogP contribution in [0.15, 0.2) is 53.4 Å². The Labute approximate surface area is 184 Å². The van der Waals surface area contributed by atoms with Crippen molar-refractivity contribution >= 4 is 44.4 Å². The van der Waals surface area contributed by atoms with Crippen LogP contribution in [0.1, 0.15) is 37.4 Å². The second-order valence-electron chi connectivity index (χ2n) is 7.23. The number of nitrogens with one attached hydrogen (secondary N) is 1. The topological polar surface area (TPSA) is 153 Å². The molecule has 0 fully saturated rings. The van der Waals surface area contributed by atoms with Crippen molar-refractivity contribution in [1.82, 2.24) is 0 Å². The summed E-state index contributed by atoms with van der Waals surface area (Å²) >= 11 is 0. The molecule has 0 saturated heterocycles. The minimum atomic E-state index is -4.97. The highest BCUT2D eigenvalue weighted by molar-refractivity contribution is 7.86. The van der Waals surface area contributed by atoms with Crippen LogP contribution in [-0.2, 0) is 16.3 Å². The van der Waals surface area contributed by atoms with Gasteiger partial charge in [0.15, 0.2) is 11.6 Å². The maximum absolute atomic E-state index is 13.2. The maximum atomic E-state index is 13.2. The van der Waals surface area contributed by atoms with Gasteiger partial charge in [0.05, 0.1) is 28.1 Å². The van der Waals surface area contributed by atoms with E-state index in [2.05, 4.69) is 5.32 Å². The van der Waals surface area contributed by atoms with Crippen LogP contribution in [0.2, 0.25) is 0 Å². The Balaban J connectivity index is 2.00. The SMILES string of the molecule is Nc1cc(Nc2cc(S(=O)(=O)O)c(N)c3c2C(=O)c2ccccc2C3=O)cc(C(F)(F)F)c1. The number of benzene rings is 3. The summed E-state index contributed by atoms with van der Waals surface area (Å²) < 4.78 is 73.0. The average molecular weight is 477 g/mol. The van der Waals surface area contributed by atoms with E-state index in [4.69, 9.17) is 11.5 Å². The summed E-state index contributed by atoms with van der Waals surface area (Å²) in [6, 6.07) is 8.99. The van der Waals surface area contributed by atoms with Gasteiger partial charge >= 0.3 is 6.18 Å². The maximum Gasteiger partial charge on any atom is 0.416 e. The summed E-state index contributed by atoms with van der Waals surface area (Å²) in [5.41, 5.74) is 7.94. The Morgan fingerprint density at radius 1 is 0.879 bits per heavy atom. The standard InChI is InChI=1S/C21H14F3N3O5S/c22-21(23,24)9-5-10(25)7-11(6-9)27-14-8-15(33(30,31)32)18(26)17-16(14)19(28)12-3-1-2-4-13(12)20(17)29/h1-8,27H,25-26H2,(H,30,31,32). The molecular formula is C21H14F3N3O5S. The second kappa shape index (κ2) is 7.32. The number of carbonyl (C=O) groups excluding carboxylic acids is 2. The van der Waals surface area contributed by atoms with Crippen LogP contribution in [-0.4, -0.2) is 24.5 Å². The zero-order valence-corrected chi connectivity index (χ0v) is 17.2. The van der Waals surface area contributed by atoms with Gasteiger partial charge in [-0.15, -0.1) is 0 Å². The Kier molecular flexibility index (Phi) is 4.95. The number of anilines is 4. The number of carbonyl (C=O) groups is 2. The molecule has 0 atom stereocenters. The number of nitrogens with two attached hydrogens (primary N) is 2. The van der Waals surface area contributed by atoms with Crippen molar-refractivity contribution in [3.05, 3.63) is 76.3 Å². The number of ketones is 2. The Morgan fingerprint density at radius 3 is 2.00 bits per heavy atom. The molecule has 8 nitrogen and oxygen atoms in total. The van der Waals surface area contributed by atoms with Crippen LogP contribution in [0, 0.1) is 0 Å². The van der Waals surface area contributed by atoms with Crippen molar-refractivity contribution in [2.24, 2.45) is 0 Å². The predicted molar refractivity (Wildman–Crippen MR) is 113 cm³/mol. The lowest BCUT2D eigenvalue weighted by molar-refractivity contribution is -0.137. The molecule has 0 saturated carbocycles. The Hall–Kier alpha value is -3.90. The molecule has 0 heterocycles. The summed E-state index contributed by atoms with van der Waals surface area (Å²) in [6.45, 7) is 0. The normalized spacial score (nSPS) is 13.5. The first kappa shape index (κ1) is 22.3. The molecule has 3 aromatic carbocycles. The monoisotopic (exact) mass is 477 g/mol. The summed E-state index contributed by atoms with van der Waals surface area (Å²) in [5.74, 6) is -1.49. The minimum Gasteiger partial charge on any atom is -0.399 e. The van der Waals surface area contributed by atoms with Gasteiger partial charge in [0, 0.05) is 22.5 Å². The number of alkyl halides is 3. The molecule has 4 rings (SSSR count). The lowest BCUT2D eigenvalue weighted by atomic mass is 9.82. The highest BCUT2D eigenvalue weighted by Gasteiger charge is 2.37. The van der Waals surface area contributed by atoms with E-state index in [1.807, 2.05) is 0 Å². The van der Waals surface area contributed by atoms with Crippen LogP contribution in [0.4, 0.5) is 35.9 Å². The van der Waals surface area contributed by atoms with Gasteiger partial charge in [0.1, 0.15) is 4.90 Å². The van der Waals surface area contributed by atoms with Crippen LogP contribution in [0.25, 0.3) is 0 Å². The van der Waals surface area contributed by atoms with E-state index < -0.39 is 49.6 Å². The Morgan fingerprint density at radius 2 is 1.45 bits per heavy atom. The summed E-state index contributed by atoms with van der Waals surface area (Å²) in [6.07, 6.45) is -4.74. The number of nitrogen functional groups attached to an aromatic ring is 2. The average Bonchev–Trinajstić information content (AvgIpc) is 2.71. The number of fused-ring (bicyclic) bond motifs is 2. The van der Waals surface area contributed by atoms with E-state index in [0.29, 0.717) is 12.1 Å². The summed E-state index contributed by atoms with van der Waals surface area (Å²) in [4.78, 5) is 25.4. The van der Waals surface area contributed by atoms with E-state index >= 15 is 0 Å². The zero-order valence-electron chi connectivity index (χ0n) is 16.4. The third kappa shape index (κ3) is 3.79. The molecule has 0 bridgehead atoms. The van der Waals surface area contributed by atoms with Gasteiger partial charge in [-0.25, -0.2) is 0 Å². The fraction of sp³-hybridized carbons (Fsp3) is 0.0476. The van der Waals surface area contributed by atoms with Crippen LogP contribution in [0.3, 0.4) is 0 Å². The first-order chi connectivity index (χ1) is 15.3. The first-order valence-electron chi connectivity index (χ1n) is 9.16. The Bertz CT molecular complexity index is 1470. The van der Waals surface area contributed by atoms with Gasteiger partial charge in [-0.2, -0.15) is 21.6 Å². The molecule has 12 heteroatoms. The molecule has 1 aliphatic rings. The number of halogens is 3. The molecule has 0 aliphatic heterocycles. The quantitative estimate of drug-likeness (QED) is 0.258. The third-order valence-electron chi connectivity index (χ3n) is 5.04. The van der Waals surface area contributed by atoms with Gasteiger partial charge in [0.25, 0.3) is 10.1 Å². The lowest BCUT2D eigenvalue weighted by Crippen LogP contribution is -2.25. The van der Waals surface area contributed by atoms with Crippen molar-refractivity contribution in [2.45, 2.75) is 11.1 Å². The molecule has 0 spiro atoms. The summed E-state index contributed by atoms with van der Waals surface area (Å²) in [5, 5.41) is 2.52. The largest absolute Gasteiger partial charge is 0.416 e. The van der Waals surface area contributed by atoms with Crippen molar-refractivity contribution < 1.29 is 35.7 Å². The van der Waals surface area contributed by atoms with E-state index in [9.17, 15) is 35.7 Å². The molecule has 0 unspecified atom stereocenters. The van der Waals surface area contributed by atoms with Gasteiger partial charge in [0.2, 0.25) is 0 Å². The van der Waals surface area contributed by atoms with Crippen molar-refractivity contribution in [3.8, 4) is 0 Å². The van der Waals surface area contributed by atoms with Gasteiger partial charge in [-0.3, -0.25) is 14.1 Å². The molecule has 3 aromatic rings. The second-order valence-corrected chi connectivity index (χ2v) is 8.62. The molecule has 0 amide bonds. The molecule has 170 valence electrons. The van der Waals surface area contributed by atoms with E-state index in [1.54, 1.807) is 0 Å². The third-order valence-corrected chi connectivity index (χ3v) is 5.93. The number of hydrogen-bond donors (Lipinski definition) is 4. The van der Waals surface area contributed by atoms with Crippen LogP contribution in [0.5, 0.6) is 0 Å². The van der Waals surface area contributed by atoms with Gasteiger partial charge in [-0.05, 0) is 24.3 Å². The van der Waals surface area contributed by atoms with Crippen molar-refractivity contribution in [3.63, 3.8) is 0 Å². The highest BCUT2D eigenvalue weighted by atomic mass is 32.2. The molecule has 0 aromatic heterocycles. The molecular weight excluding hydrogens is 463 g/mol. The lowest BCUT2D eigenvalue weighted by Gasteiger charge is -2.24. The number of rotatable bonds is 3. The minimum absolute atomic E-state index is 0.000566. The number of hydrogen-bond acceptors (Lipinski definition) is 7. The van der Waals surface area contributed by atoms with Gasteiger partial charge < -0.3 is 16.8 Å². The first-order valence-corrected chi connectivity index (χ1v) is 10.6. The fourth-order valence-electron chi connectivity index (χ4n) is 3.65. The smallest absolute Gasteiger partial charge is 0.399 e. The van der Waals surface area contributed by atoms with E-state index in [0.717, 1.165) is 12.1 Å². The predicted octanol–water partition coefficient (Wildman–Crippen LogP) is 3.64. The van der Waals surface area contributed by atoms with E-state index in [1.165, 1.54) is 24.3 Å². The van der Waals surface area contributed by atoms with Crippen LogP contribution < -0.4 is 16.8 Å². The molecule has 33 heavy (non-hydrogen) atoms. The highest BCUT2D eigenvalue weighted by Crippen LogP contribution is 2.41. The summed E-state index contributed by atoms with van der Waals surface area (Å²) in [7, 11) is -4.97. The van der Waals surface area contributed by atoms with Gasteiger partial charge in [-0.1, -0.05) is 24.3 Å². The van der Waals surface area contributed by atoms with Crippen molar-refractivity contribution in [2.75, 3.05) is 16.8 Å². The molecule has 6 N–H and O–H groups in total. The zero-order chi connectivity index (χ0) is 24.3. The molecule has 1 aliphatic carbocycles. The van der Waals surface area contributed by atoms with Crippen molar-refractivity contribution in [1.29, 1.82) is 0 Å². The fourth-order valence-corrected chi connectivity index (χ4v) is 4.30. The molecule has 0 radical (unpaired) electrons. The van der Waals surface area contributed by atoms with E-state index in [-0.39, 0.29) is 33.8 Å². The van der Waals surface area contributed by atoms with Crippen LogP contribution >= 0.6 is 0 Å².